The number of benzene rings is 1. The van der Waals surface area contributed by atoms with E-state index in [-0.39, 0.29) is 11.9 Å². The molecule has 0 radical (unpaired) electrons. The van der Waals surface area contributed by atoms with Gasteiger partial charge < -0.3 is 14.3 Å². The largest absolute Gasteiger partial charge is 0.340 e. The van der Waals surface area contributed by atoms with Crippen LogP contribution in [0.4, 0.5) is 5.88 Å². The first-order valence-corrected chi connectivity index (χ1v) is 11.5. The van der Waals surface area contributed by atoms with Crippen LogP contribution in [0.25, 0.3) is 11.3 Å². The maximum Gasteiger partial charge on any atom is 0.232 e. The predicted octanol–water partition coefficient (Wildman–Crippen LogP) is 5.75. The molecular weight excluding hydrogens is 374 g/mol. The summed E-state index contributed by atoms with van der Waals surface area (Å²) >= 11 is 0. The van der Waals surface area contributed by atoms with Crippen molar-refractivity contribution in [2.24, 2.45) is 11.8 Å². The zero-order chi connectivity index (χ0) is 21.7. The minimum absolute atomic E-state index is 0.170. The number of hydrogen-bond acceptors (Lipinski definition) is 4. The maximum absolute atomic E-state index is 13.1. The molecule has 0 bridgehead atoms. The fourth-order valence-electron chi connectivity index (χ4n) is 4.07. The molecular formula is C25H37N3O2. The van der Waals surface area contributed by atoms with Gasteiger partial charge in [-0.25, -0.2) is 0 Å². The molecule has 1 saturated heterocycles. The summed E-state index contributed by atoms with van der Waals surface area (Å²) in [6, 6.07) is 10.3. The topological polar surface area (TPSA) is 49.6 Å². The van der Waals surface area contributed by atoms with E-state index in [1.54, 1.807) is 0 Å². The SMILES string of the molecule is CCC(C)N(Cc1c(-c2ccccc2)noc1N1CCC(C)CC1)C(=O)CC(C)C. The lowest BCUT2D eigenvalue weighted by atomic mass is 9.98. The van der Waals surface area contributed by atoms with Gasteiger partial charge in [-0.1, -0.05) is 63.2 Å². The Bertz CT molecular complexity index is 807. The quantitative estimate of drug-likeness (QED) is 0.555. The third-order valence-electron chi connectivity index (χ3n) is 6.24. The number of anilines is 1. The van der Waals surface area contributed by atoms with E-state index >= 15 is 0 Å². The fourth-order valence-corrected chi connectivity index (χ4v) is 4.07. The van der Waals surface area contributed by atoms with Crippen LogP contribution in [-0.2, 0) is 11.3 Å². The molecule has 5 heteroatoms. The van der Waals surface area contributed by atoms with Crippen molar-refractivity contribution in [3.05, 3.63) is 35.9 Å². The zero-order valence-electron chi connectivity index (χ0n) is 19.2. The molecule has 3 rings (SSSR count). The van der Waals surface area contributed by atoms with E-state index in [0.29, 0.717) is 18.9 Å². The van der Waals surface area contributed by atoms with Gasteiger partial charge in [0.2, 0.25) is 11.8 Å². The summed E-state index contributed by atoms with van der Waals surface area (Å²) in [5.74, 6) is 2.12. The van der Waals surface area contributed by atoms with Crippen molar-refractivity contribution < 1.29 is 9.32 Å². The van der Waals surface area contributed by atoms with Crippen molar-refractivity contribution in [1.82, 2.24) is 10.1 Å². The molecule has 1 fully saturated rings. The molecule has 1 aromatic carbocycles. The van der Waals surface area contributed by atoms with Gasteiger partial charge in [0.1, 0.15) is 5.69 Å². The second kappa shape index (κ2) is 10.1. The van der Waals surface area contributed by atoms with Gasteiger partial charge in [0.05, 0.1) is 12.1 Å². The molecule has 1 amide bonds. The fraction of sp³-hybridized carbons (Fsp3) is 0.600. The predicted molar refractivity (Wildman–Crippen MR) is 122 cm³/mol. The van der Waals surface area contributed by atoms with Gasteiger partial charge in [0, 0.05) is 31.1 Å². The van der Waals surface area contributed by atoms with Gasteiger partial charge in [0.25, 0.3) is 0 Å². The van der Waals surface area contributed by atoms with Crippen molar-refractivity contribution in [1.29, 1.82) is 0 Å². The van der Waals surface area contributed by atoms with E-state index < -0.39 is 0 Å². The lowest BCUT2D eigenvalue weighted by Gasteiger charge is -2.32. The Balaban J connectivity index is 1.98. The summed E-state index contributed by atoms with van der Waals surface area (Å²) in [6.45, 7) is 13.3. The van der Waals surface area contributed by atoms with Gasteiger partial charge >= 0.3 is 0 Å². The molecule has 1 aliphatic rings. The molecule has 1 atom stereocenters. The summed E-state index contributed by atoms with van der Waals surface area (Å²) in [5.41, 5.74) is 2.93. The highest BCUT2D eigenvalue weighted by molar-refractivity contribution is 5.78. The summed E-state index contributed by atoms with van der Waals surface area (Å²) in [4.78, 5) is 17.5. The molecule has 30 heavy (non-hydrogen) atoms. The maximum atomic E-state index is 13.1. The van der Waals surface area contributed by atoms with Gasteiger partial charge in [-0.3, -0.25) is 4.79 Å². The summed E-state index contributed by atoms with van der Waals surface area (Å²) < 4.78 is 5.94. The second-order valence-electron chi connectivity index (χ2n) is 9.23. The first-order chi connectivity index (χ1) is 14.4. The number of nitrogens with zero attached hydrogens (tertiary/aromatic N) is 3. The Morgan fingerprint density at radius 3 is 2.47 bits per heavy atom. The lowest BCUT2D eigenvalue weighted by molar-refractivity contribution is -0.134. The van der Waals surface area contributed by atoms with E-state index in [4.69, 9.17) is 4.52 Å². The Morgan fingerprint density at radius 1 is 1.20 bits per heavy atom. The molecule has 2 aromatic rings. The molecule has 5 nitrogen and oxygen atoms in total. The normalized spacial score (nSPS) is 16.1. The van der Waals surface area contributed by atoms with Crippen molar-refractivity contribution in [3.8, 4) is 11.3 Å². The number of carbonyl (C=O) groups is 1. The highest BCUT2D eigenvalue weighted by Gasteiger charge is 2.29. The number of amides is 1. The van der Waals surface area contributed by atoms with E-state index in [1.165, 1.54) is 0 Å². The van der Waals surface area contributed by atoms with Crippen LogP contribution in [0.1, 0.15) is 65.9 Å². The molecule has 1 aliphatic heterocycles. The van der Waals surface area contributed by atoms with Gasteiger partial charge in [-0.2, -0.15) is 0 Å². The van der Waals surface area contributed by atoms with Crippen molar-refractivity contribution >= 4 is 11.8 Å². The third-order valence-corrected chi connectivity index (χ3v) is 6.24. The first-order valence-electron chi connectivity index (χ1n) is 11.5. The third kappa shape index (κ3) is 5.24. The van der Waals surface area contributed by atoms with E-state index in [1.807, 2.05) is 23.1 Å². The average Bonchev–Trinajstić information content (AvgIpc) is 3.15. The van der Waals surface area contributed by atoms with Gasteiger partial charge in [-0.05, 0) is 38.0 Å². The average molecular weight is 412 g/mol. The number of aromatic nitrogens is 1. The summed E-state index contributed by atoms with van der Waals surface area (Å²) in [6.07, 6.45) is 3.80. The summed E-state index contributed by atoms with van der Waals surface area (Å²) in [7, 11) is 0. The standard InChI is InChI=1S/C25H37N3O2/c1-6-20(5)28(23(29)16-18(2)3)17-22-24(21-10-8-7-9-11-21)26-30-25(22)27-14-12-19(4)13-15-27/h7-11,18-20H,6,12-17H2,1-5H3. The number of rotatable bonds is 8. The molecule has 164 valence electrons. The van der Waals surface area contributed by atoms with E-state index in [0.717, 1.165) is 61.0 Å². The highest BCUT2D eigenvalue weighted by Crippen LogP contribution is 2.35. The molecule has 0 saturated carbocycles. The second-order valence-corrected chi connectivity index (χ2v) is 9.23. The van der Waals surface area contributed by atoms with Crippen LogP contribution in [0.2, 0.25) is 0 Å². The van der Waals surface area contributed by atoms with Crippen LogP contribution in [0.5, 0.6) is 0 Å². The lowest BCUT2D eigenvalue weighted by Crippen LogP contribution is -2.39. The van der Waals surface area contributed by atoms with Crippen molar-refractivity contribution in [2.75, 3.05) is 18.0 Å². The van der Waals surface area contributed by atoms with E-state index in [9.17, 15) is 4.79 Å². The van der Waals surface area contributed by atoms with E-state index in [2.05, 4.69) is 56.8 Å². The number of piperidine rings is 1. The Labute approximate surface area is 181 Å². The molecule has 0 N–H and O–H groups in total. The minimum Gasteiger partial charge on any atom is -0.340 e. The molecule has 0 aliphatic carbocycles. The van der Waals surface area contributed by atoms with Crippen LogP contribution in [0, 0.1) is 11.8 Å². The Morgan fingerprint density at radius 2 is 1.87 bits per heavy atom. The van der Waals surface area contributed by atoms with Crippen molar-refractivity contribution in [3.63, 3.8) is 0 Å². The molecule has 2 heterocycles. The van der Waals surface area contributed by atoms with Crippen LogP contribution in [-0.4, -0.2) is 35.1 Å². The van der Waals surface area contributed by atoms with Gasteiger partial charge in [0.15, 0.2) is 0 Å². The summed E-state index contributed by atoms with van der Waals surface area (Å²) in [5, 5.41) is 4.48. The molecule has 1 aromatic heterocycles. The zero-order valence-corrected chi connectivity index (χ0v) is 19.2. The van der Waals surface area contributed by atoms with Crippen LogP contribution < -0.4 is 4.90 Å². The number of hydrogen-bond donors (Lipinski definition) is 0. The van der Waals surface area contributed by atoms with Crippen molar-refractivity contribution in [2.45, 2.75) is 72.9 Å². The monoisotopic (exact) mass is 411 g/mol. The van der Waals surface area contributed by atoms with Gasteiger partial charge in [-0.15, -0.1) is 0 Å². The first kappa shape index (κ1) is 22.4. The Kier molecular flexibility index (Phi) is 7.57. The highest BCUT2D eigenvalue weighted by atomic mass is 16.5. The molecule has 0 spiro atoms. The minimum atomic E-state index is 0.170. The molecule has 1 unspecified atom stereocenters. The van der Waals surface area contributed by atoms with Crippen LogP contribution in [0.3, 0.4) is 0 Å². The van der Waals surface area contributed by atoms with Crippen LogP contribution in [0.15, 0.2) is 34.9 Å². The Hall–Kier alpha value is -2.30. The number of carbonyl (C=O) groups excluding carboxylic acids is 1. The smallest absolute Gasteiger partial charge is 0.232 e. The van der Waals surface area contributed by atoms with Crippen LogP contribution >= 0.6 is 0 Å².